The van der Waals surface area contributed by atoms with E-state index in [0.29, 0.717) is 11.1 Å². The summed E-state index contributed by atoms with van der Waals surface area (Å²) < 4.78 is 18.5. The van der Waals surface area contributed by atoms with E-state index < -0.39 is 24.3 Å². The predicted octanol–water partition coefficient (Wildman–Crippen LogP) is 3.53. The molecule has 1 amide bonds. The molecule has 0 saturated carbocycles. The van der Waals surface area contributed by atoms with Crippen molar-refractivity contribution in [1.82, 2.24) is 0 Å². The smallest absolute Gasteiger partial charge is 0.349 e. The molecule has 0 aromatic heterocycles. The molecule has 2 rings (SSSR count). The average Bonchev–Trinajstić information content (AvgIpc) is 2.61. The minimum Gasteiger partial charge on any atom is -0.451 e. The number of nitrogens with zero attached hydrogens (tertiary/aromatic N) is 1. The van der Waals surface area contributed by atoms with Crippen LogP contribution in [-0.2, 0) is 14.3 Å². The van der Waals surface area contributed by atoms with Gasteiger partial charge in [0.25, 0.3) is 5.91 Å². The summed E-state index contributed by atoms with van der Waals surface area (Å²) in [6.45, 7) is 3.02. The second kappa shape index (κ2) is 8.58. The zero-order valence-electron chi connectivity index (χ0n) is 14.4. The van der Waals surface area contributed by atoms with Crippen LogP contribution in [-0.4, -0.2) is 18.5 Å². The number of ether oxygens (including phenoxy) is 1. The van der Waals surface area contributed by atoms with Crippen molar-refractivity contribution in [3.8, 4) is 6.07 Å². The van der Waals surface area contributed by atoms with Gasteiger partial charge in [-0.2, -0.15) is 5.26 Å². The third-order valence-electron chi connectivity index (χ3n) is 3.46. The van der Waals surface area contributed by atoms with Crippen molar-refractivity contribution in [2.75, 3.05) is 11.9 Å². The summed E-state index contributed by atoms with van der Waals surface area (Å²) in [6.07, 6.45) is 1.37. The molecule has 0 heterocycles. The summed E-state index contributed by atoms with van der Waals surface area (Å²) in [7, 11) is 0. The first-order valence-corrected chi connectivity index (χ1v) is 7.80. The molecular weight excluding hydrogens is 335 g/mol. The van der Waals surface area contributed by atoms with Crippen LogP contribution in [0.1, 0.15) is 16.7 Å². The van der Waals surface area contributed by atoms with Gasteiger partial charge in [0.05, 0.1) is 5.69 Å². The zero-order chi connectivity index (χ0) is 19.1. The minimum atomic E-state index is -0.924. The van der Waals surface area contributed by atoms with Crippen molar-refractivity contribution in [3.05, 3.63) is 70.5 Å². The van der Waals surface area contributed by atoms with Crippen LogP contribution in [0.4, 0.5) is 10.1 Å². The molecule has 2 aromatic carbocycles. The molecule has 0 aliphatic rings. The molecule has 0 aliphatic heterocycles. The van der Waals surface area contributed by atoms with Gasteiger partial charge in [0.15, 0.2) is 6.61 Å². The molecule has 0 saturated heterocycles. The fraction of sp³-hybridized carbons (Fsp3) is 0.150. The van der Waals surface area contributed by atoms with Gasteiger partial charge in [-0.05, 0) is 43.2 Å². The number of halogens is 1. The topological polar surface area (TPSA) is 79.2 Å². The fourth-order valence-corrected chi connectivity index (χ4v) is 2.08. The zero-order valence-corrected chi connectivity index (χ0v) is 14.4. The van der Waals surface area contributed by atoms with Crippen molar-refractivity contribution in [2.24, 2.45) is 0 Å². The Bertz CT molecular complexity index is 896. The van der Waals surface area contributed by atoms with Gasteiger partial charge in [-0.1, -0.05) is 35.9 Å². The van der Waals surface area contributed by atoms with Gasteiger partial charge in [0.2, 0.25) is 0 Å². The van der Waals surface area contributed by atoms with Crippen molar-refractivity contribution in [1.29, 1.82) is 5.26 Å². The van der Waals surface area contributed by atoms with Crippen LogP contribution in [0.5, 0.6) is 0 Å². The Morgan fingerprint density at radius 3 is 2.42 bits per heavy atom. The molecule has 26 heavy (non-hydrogen) atoms. The number of hydrogen-bond acceptors (Lipinski definition) is 4. The van der Waals surface area contributed by atoms with Gasteiger partial charge >= 0.3 is 5.97 Å². The van der Waals surface area contributed by atoms with Crippen molar-refractivity contribution >= 4 is 23.6 Å². The monoisotopic (exact) mass is 352 g/mol. The van der Waals surface area contributed by atoms with E-state index in [2.05, 4.69) is 5.32 Å². The Balaban J connectivity index is 1.96. The van der Waals surface area contributed by atoms with E-state index in [1.165, 1.54) is 18.2 Å². The quantitative estimate of drug-likeness (QED) is 0.507. The number of esters is 1. The van der Waals surface area contributed by atoms with Crippen LogP contribution in [0, 0.1) is 31.0 Å². The summed E-state index contributed by atoms with van der Waals surface area (Å²) >= 11 is 0. The van der Waals surface area contributed by atoms with Crippen LogP contribution in [0.15, 0.2) is 48.0 Å². The summed E-state index contributed by atoms with van der Waals surface area (Å²) in [5.41, 5.74) is 2.18. The number of rotatable bonds is 5. The van der Waals surface area contributed by atoms with Crippen LogP contribution < -0.4 is 5.32 Å². The Morgan fingerprint density at radius 2 is 1.81 bits per heavy atom. The highest BCUT2D eigenvalue weighted by Gasteiger charge is 2.14. The van der Waals surface area contributed by atoms with E-state index >= 15 is 0 Å². The number of carbonyl (C=O) groups is 2. The highest BCUT2D eigenvalue weighted by atomic mass is 19.1. The summed E-state index contributed by atoms with van der Waals surface area (Å²) in [5.74, 6) is -2.21. The number of anilines is 1. The first-order valence-electron chi connectivity index (χ1n) is 7.80. The number of nitrogens with one attached hydrogen (secondary N) is 1. The highest BCUT2D eigenvalue weighted by Crippen LogP contribution is 2.15. The molecule has 6 heteroatoms. The predicted molar refractivity (Wildman–Crippen MR) is 95.5 cm³/mol. The lowest BCUT2D eigenvalue weighted by atomic mass is 10.1. The molecule has 5 nitrogen and oxygen atoms in total. The lowest BCUT2D eigenvalue weighted by Crippen LogP contribution is -2.22. The second-order valence-corrected chi connectivity index (χ2v) is 5.69. The molecule has 0 bridgehead atoms. The van der Waals surface area contributed by atoms with Gasteiger partial charge in [0, 0.05) is 0 Å². The van der Waals surface area contributed by atoms with E-state index in [1.807, 2.05) is 19.1 Å². The molecule has 0 radical (unpaired) electrons. The van der Waals surface area contributed by atoms with E-state index in [4.69, 9.17) is 10.00 Å². The number of nitriles is 1. The Labute approximate surface area is 150 Å². The van der Waals surface area contributed by atoms with E-state index in [-0.39, 0.29) is 11.3 Å². The van der Waals surface area contributed by atoms with E-state index in [0.717, 1.165) is 5.56 Å². The van der Waals surface area contributed by atoms with Crippen molar-refractivity contribution < 1.29 is 18.7 Å². The molecule has 132 valence electrons. The summed E-state index contributed by atoms with van der Waals surface area (Å²) in [6, 6.07) is 13.3. The average molecular weight is 352 g/mol. The van der Waals surface area contributed by atoms with Crippen LogP contribution in [0.2, 0.25) is 0 Å². The van der Waals surface area contributed by atoms with Crippen LogP contribution in [0.3, 0.4) is 0 Å². The Hall–Kier alpha value is -3.46. The van der Waals surface area contributed by atoms with Crippen molar-refractivity contribution in [3.63, 3.8) is 0 Å². The molecule has 2 aromatic rings. The second-order valence-electron chi connectivity index (χ2n) is 5.69. The standard InChI is InChI=1S/C20H17FN2O3/c1-13-3-6-15(7-4-13)10-16(11-22)20(25)26-12-19(24)23-18-8-5-14(2)9-17(18)21/h3-10H,12H2,1-2H3,(H,23,24)/b16-10+. The molecular formula is C20H17FN2O3. The molecule has 0 fully saturated rings. The Kier molecular flexibility index (Phi) is 6.23. The largest absolute Gasteiger partial charge is 0.451 e. The molecule has 1 N–H and O–H groups in total. The molecule has 0 aliphatic carbocycles. The number of carbonyl (C=O) groups excluding carboxylic acids is 2. The lowest BCUT2D eigenvalue weighted by Gasteiger charge is -2.07. The van der Waals surface area contributed by atoms with Gasteiger partial charge in [-0.15, -0.1) is 0 Å². The molecule has 0 unspecified atom stereocenters. The minimum absolute atomic E-state index is 0.00708. The first-order chi connectivity index (χ1) is 12.4. The van der Waals surface area contributed by atoms with Crippen molar-refractivity contribution in [2.45, 2.75) is 13.8 Å². The van der Waals surface area contributed by atoms with Crippen LogP contribution >= 0.6 is 0 Å². The number of benzene rings is 2. The lowest BCUT2D eigenvalue weighted by molar-refractivity contribution is -0.142. The van der Waals surface area contributed by atoms with Crippen LogP contribution in [0.25, 0.3) is 6.08 Å². The maximum atomic E-state index is 13.7. The highest BCUT2D eigenvalue weighted by molar-refractivity contribution is 6.00. The molecule has 0 atom stereocenters. The van der Waals surface area contributed by atoms with E-state index in [9.17, 15) is 14.0 Å². The van der Waals surface area contributed by atoms with Gasteiger partial charge < -0.3 is 10.1 Å². The maximum Gasteiger partial charge on any atom is 0.349 e. The Morgan fingerprint density at radius 1 is 1.15 bits per heavy atom. The number of hydrogen-bond donors (Lipinski definition) is 1. The first kappa shape index (κ1) is 18.9. The normalized spacial score (nSPS) is 10.8. The third-order valence-corrected chi connectivity index (χ3v) is 3.46. The van der Waals surface area contributed by atoms with Gasteiger partial charge in [0.1, 0.15) is 17.5 Å². The number of aryl methyl sites for hydroxylation is 2. The third kappa shape index (κ3) is 5.28. The maximum absolute atomic E-state index is 13.7. The summed E-state index contributed by atoms with van der Waals surface area (Å²) in [4.78, 5) is 23.8. The SMILES string of the molecule is Cc1ccc(/C=C(\C#N)C(=O)OCC(=O)Nc2ccc(C)cc2F)cc1. The fourth-order valence-electron chi connectivity index (χ4n) is 2.08. The van der Waals surface area contributed by atoms with Gasteiger partial charge in [-0.25, -0.2) is 9.18 Å². The summed E-state index contributed by atoms with van der Waals surface area (Å²) in [5, 5.41) is 11.4. The number of amides is 1. The van der Waals surface area contributed by atoms with Gasteiger partial charge in [-0.3, -0.25) is 4.79 Å². The molecule has 0 spiro atoms. The van der Waals surface area contributed by atoms with E-state index in [1.54, 1.807) is 31.2 Å².